The predicted octanol–water partition coefficient (Wildman–Crippen LogP) is 4.81. The van der Waals surface area contributed by atoms with Crippen LogP contribution in [0.1, 0.15) is 25.2 Å². The fraction of sp³-hybridized carbons (Fsp3) is 0.250. The van der Waals surface area contributed by atoms with Crippen molar-refractivity contribution in [2.75, 3.05) is 18.5 Å². The number of aromatic nitrogens is 1. The number of para-hydroxylation sites is 1. The molecule has 0 fully saturated rings. The number of fused-ring (bicyclic) bond motifs is 1. The van der Waals surface area contributed by atoms with E-state index in [9.17, 15) is 19.5 Å². The number of nitro benzene ring substituents is 1. The van der Waals surface area contributed by atoms with Crippen LogP contribution in [0, 0.1) is 10.1 Å². The second-order valence-corrected chi connectivity index (χ2v) is 8.48. The molecule has 0 radical (unpaired) electrons. The lowest BCUT2D eigenvalue weighted by atomic mass is 10.1. The largest absolute Gasteiger partial charge is 0.368 e. The van der Waals surface area contributed by atoms with Crippen LogP contribution in [-0.4, -0.2) is 23.1 Å². The Bertz CT molecular complexity index is 1140. The second kappa shape index (κ2) is 9.21. The fourth-order valence-electron chi connectivity index (χ4n) is 3.08. The third-order valence-electron chi connectivity index (χ3n) is 4.39. The number of rotatable bonds is 9. The first-order valence-electron chi connectivity index (χ1n) is 9.39. The summed E-state index contributed by atoms with van der Waals surface area (Å²) >= 11 is 0. The first-order chi connectivity index (χ1) is 14.4. The van der Waals surface area contributed by atoms with Crippen LogP contribution in [0.3, 0.4) is 0 Å². The van der Waals surface area contributed by atoms with Crippen LogP contribution in [0.4, 0.5) is 11.4 Å². The SMILES string of the molecule is CCOP(=O)(OCC)C(Nc1ccc([N+](=O)[O-])cc1)c1cc2ccccc2[nH]c1=O. The number of non-ortho nitro benzene ring substituents is 1. The molecule has 0 amide bonds. The van der Waals surface area contributed by atoms with E-state index < -0.39 is 23.9 Å². The van der Waals surface area contributed by atoms with E-state index >= 15 is 0 Å². The van der Waals surface area contributed by atoms with Crippen molar-refractivity contribution >= 4 is 29.9 Å². The zero-order chi connectivity index (χ0) is 21.7. The average Bonchev–Trinajstić information content (AvgIpc) is 2.72. The second-order valence-electron chi connectivity index (χ2n) is 6.37. The van der Waals surface area contributed by atoms with Crippen molar-refractivity contribution in [1.82, 2.24) is 4.98 Å². The molecular weight excluding hydrogens is 409 g/mol. The van der Waals surface area contributed by atoms with E-state index in [4.69, 9.17) is 9.05 Å². The van der Waals surface area contributed by atoms with Crippen LogP contribution in [-0.2, 0) is 13.6 Å². The maximum Gasteiger partial charge on any atom is 0.357 e. The van der Waals surface area contributed by atoms with E-state index in [2.05, 4.69) is 10.3 Å². The number of anilines is 1. The smallest absolute Gasteiger partial charge is 0.357 e. The van der Waals surface area contributed by atoms with Crippen LogP contribution >= 0.6 is 7.60 Å². The zero-order valence-electron chi connectivity index (χ0n) is 16.5. The van der Waals surface area contributed by atoms with Crippen LogP contribution in [0.15, 0.2) is 59.4 Å². The Balaban J connectivity index is 2.12. The van der Waals surface area contributed by atoms with E-state index in [0.717, 1.165) is 5.39 Å². The molecule has 0 spiro atoms. The van der Waals surface area contributed by atoms with Crippen molar-refractivity contribution in [1.29, 1.82) is 0 Å². The van der Waals surface area contributed by atoms with Crippen LogP contribution in [0.25, 0.3) is 10.9 Å². The number of H-pyrrole nitrogens is 1. The van der Waals surface area contributed by atoms with E-state index in [1.807, 2.05) is 12.1 Å². The molecule has 1 unspecified atom stereocenters. The first-order valence-corrected chi connectivity index (χ1v) is 11.0. The normalized spacial score (nSPS) is 12.6. The zero-order valence-corrected chi connectivity index (χ0v) is 17.4. The third kappa shape index (κ3) is 4.59. The van der Waals surface area contributed by atoms with Gasteiger partial charge in [0.1, 0.15) is 0 Å². The molecule has 3 rings (SSSR count). The van der Waals surface area contributed by atoms with Gasteiger partial charge in [0.15, 0.2) is 5.78 Å². The summed E-state index contributed by atoms with van der Waals surface area (Å²) in [5.41, 5.74) is 0.726. The molecule has 2 N–H and O–H groups in total. The van der Waals surface area contributed by atoms with Gasteiger partial charge in [-0.25, -0.2) is 0 Å². The van der Waals surface area contributed by atoms with Crippen molar-refractivity contribution in [3.05, 3.63) is 80.6 Å². The fourth-order valence-corrected chi connectivity index (χ4v) is 5.01. The monoisotopic (exact) mass is 431 g/mol. The van der Waals surface area contributed by atoms with E-state index in [-0.39, 0.29) is 24.5 Å². The third-order valence-corrected chi connectivity index (χ3v) is 6.67. The van der Waals surface area contributed by atoms with Gasteiger partial charge in [-0.2, -0.15) is 0 Å². The average molecular weight is 431 g/mol. The van der Waals surface area contributed by atoms with Crippen molar-refractivity contribution in [3.8, 4) is 0 Å². The molecule has 1 aromatic heterocycles. The molecule has 3 aromatic rings. The Morgan fingerprint density at radius 1 is 1.10 bits per heavy atom. The maximum absolute atomic E-state index is 13.6. The number of benzene rings is 2. The highest BCUT2D eigenvalue weighted by molar-refractivity contribution is 7.54. The summed E-state index contributed by atoms with van der Waals surface area (Å²) in [4.78, 5) is 26.0. The molecule has 0 bridgehead atoms. The van der Waals surface area contributed by atoms with E-state index in [0.29, 0.717) is 11.2 Å². The highest BCUT2D eigenvalue weighted by atomic mass is 31.2. The summed E-state index contributed by atoms with van der Waals surface area (Å²) in [6.45, 7) is 3.58. The molecule has 0 aliphatic rings. The van der Waals surface area contributed by atoms with Crippen molar-refractivity contribution in [3.63, 3.8) is 0 Å². The number of pyridine rings is 1. The number of hydrogen-bond donors (Lipinski definition) is 2. The minimum absolute atomic E-state index is 0.0848. The highest BCUT2D eigenvalue weighted by Gasteiger charge is 2.39. The summed E-state index contributed by atoms with van der Waals surface area (Å²) in [5.74, 6) is -1.12. The van der Waals surface area contributed by atoms with Gasteiger partial charge in [0.2, 0.25) is 0 Å². The Labute approximate surface area is 172 Å². The molecule has 1 atom stereocenters. The molecule has 0 saturated carbocycles. The molecule has 2 aromatic carbocycles. The molecule has 0 aliphatic heterocycles. The summed E-state index contributed by atoms with van der Waals surface area (Å²) in [7, 11) is -3.82. The summed E-state index contributed by atoms with van der Waals surface area (Å²) < 4.78 is 24.6. The molecule has 30 heavy (non-hydrogen) atoms. The molecule has 0 aliphatic carbocycles. The van der Waals surface area contributed by atoms with Gasteiger partial charge in [0.25, 0.3) is 11.2 Å². The lowest BCUT2D eigenvalue weighted by molar-refractivity contribution is -0.384. The molecule has 9 nitrogen and oxygen atoms in total. The number of nitrogens with zero attached hydrogens (tertiary/aromatic N) is 1. The van der Waals surface area contributed by atoms with Gasteiger partial charge in [0, 0.05) is 23.3 Å². The van der Waals surface area contributed by atoms with Gasteiger partial charge in [-0.15, -0.1) is 0 Å². The number of nitro groups is 1. The first kappa shape index (κ1) is 21.7. The quantitative estimate of drug-likeness (QED) is 0.283. The minimum atomic E-state index is -3.82. The Hall–Kier alpha value is -3.00. The van der Waals surface area contributed by atoms with Gasteiger partial charge >= 0.3 is 7.60 Å². The number of aromatic amines is 1. The summed E-state index contributed by atoms with van der Waals surface area (Å²) in [6.07, 6.45) is 0. The molecule has 158 valence electrons. The van der Waals surface area contributed by atoms with Crippen molar-refractivity contribution < 1.29 is 18.5 Å². The lowest BCUT2D eigenvalue weighted by Gasteiger charge is -2.27. The summed E-state index contributed by atoms with van der Waals surface area (Å²) in [6, 6.07) is 14.4. The van der Waals surface area contributed by atoms with E-state index in [1.54, 1.807) is 32.0 Å². The van der Waals surface area contributed by atoms with Crippen molar-refractivity contribution in [2.45, 2.75) is 19.6 Å². The number of hydrogen-bond acceptors (Lipinski definition) is 7. The van der Waals surface area contributed by atoms with Gasteiger partial charge in [-0.1, -0.05) is 18.2 Å². The van der Waals surface area contributed by atoms with Crippen LogP contribution in [0.5, 0.6) is 0 Å². The predicted molar refractivity (Wildman–Crippen MR) is 115 cm³/mol. The molecule has 0 saturated heterocycles. The standard InChI is InChI=1S/C20H22N3O6P/c1-3-28-30(27,29-4-2)20(21-15-9-11-16(12-10-15)23(25)26)17-13-14-7-5-6-8-18(14)22-19(17)24/h5-13,20-21H,3-4H2,1-2H3,(H,22,24). The lowest BCUT2D eigenvalue weighted by Crippen LogP contribution is -2.23. The minimum Gasteiger partial charge on any atom is -0.368 e. The molecular formula is C20H22N3O6P. The maximum atomic E-state index is 13.6. The highest BCUT2D eigenvalue weighted by Crippen LogP contribution is 2.60. The van der Waals surface area contributed by atoms with E-state index in [1.165, 1.54) is 24.3 Å². The van der Waals surface area contributed by atoms with Crippen LogP contribution < -0.4 is 10.9 Å². The Kier molecular flexibility index (Phi) is 6.66. The number of nitrogens with one attached hydrogen (secondary N) is 2. The van der Waals surface area contributed by atoms with Gasteiger partial charge in [-0.3, -0.25) is 19.5 Å². The summed E-state index contributed by atoms with van der Waals surface area (Å²) in [5, 5.41) is 14.7. The van der Waals surface area contributed by atoms with Gasteiger partial charge < -0.3 is 19.3 Å². The Morgan fingerprint density at radius 3 is 2.33 bits per heavy atom. The molecule has 10 heteroatoms. The van der Waals surface area contributed by atoms with Gasteiger partial charge in [-0.05, 0) is 43.5 Å². The van der Waals surface area contributed by atoms with Crippen LogP contribution in [0.2, 0.25) is 0 Å². The molecule has 1 heterocycles. The van der Waals surface area contributed by atoms with Gasteiger partial charge in [0.05, 0.1) is 23.7 Å². The van der Waals surface area contributed by atoms with Crippen molar-refractivity contribution in [2.24, 2.45) is 0 Å². The Morgan fingerprint density at radius 2 is 1.73 bits per heavy atom. The topological polar surface area (TPSA) is 124 Å².